The lowest BCUT2D eigenvalue weighted by molar-refractivity contribution is -0.135. The van der Waals surface area contributed by atoms with E-state index in [1.54, 1.807) is 16.5 Å². The molecule has 3 fully saturated rings. The van der Waals surface area contributed by atoms with Crippen LogP contribution in [0.2, 0.25) is 0 Å². The van der Waals surface area contributed by atoms with Gasteiger partial charge in [-0.25, -0.2) is 9.59 Å². The molecule has 188 valence electrons. The van der Waals surface area contributed by atoms with Gasteiger partial charge in [0.15, 0.2) is 0 Å². The highest BCUT2D eigenvalue weighted by Crippen LogP contribution is 2.50. The van der Waals surface area contributed by atoms with Crippen LogP contribution in [0.15, 0.2) is 23.0 Å². The molecule has 10 nitrogen and oxygen atoms in total. The fourth-order valence-corrected chi connectivity index (χ4v) is 5.79. The van der Waals surface area contributed by atoms with Crippen LogP contribution < -0.4 is 16.3 Å². The van der Waals surface area contributed by atoms with Crippen molar-refractivity contribution in [3.63, 3.8) is 0 Å². The van der Waals surface area contributed by atoms with Crippen molar-refractivity contribution in [2.75, 3.05) is 19.6 Å². The number of carbonyl (C=O) groups is 3. The Labute approximate surface area is 203 Å². The van der Waals surface area contributed by atoms with Gasteiger partial charge >= 0.3 is 11.8 Å². The van der Waals surface area contributed by atoms with Crippen LogP contribution in [0.4, 0.5) is 4.79 Å². The molecular weight excluding hydrogens is 450 g/mol. The van der Waals surface area contributed by atoms with Gasteiger partial charge in [0, 0.05) is 44.6 Å². The third kappa shape index (κ3) is 3.93. The zero-order valence-corrected chi connectivity index (χ0v) is 20.7. The van der Waals surface area contributed by atoms with Crippen LogP contribution in [-0.2, 0) is 21.4 Å². The second kappa shape index (κ2) is 8.22. The molecule has 5 rings (SSSR count). The van der Waals surface area contributed by atoms with E-state index in [4.69, 9.17) is 4.74 Å². The molecule has 2 aromatic rings. The van der Waals surface area contributed by atoms with Crippen molar-refractivity contribution < 1.29 is 19.1 Å². The summed E-state index contributed by atoms with van der Waals surface area (Å²) >= 11 is 0. The molecule has 1 spiro atoms. The number of imidazole rings is 1. The number of hydrogen-bond acceptors (Lipinski definition) is 6. The number of likely N-dealkylation sites (tertiary alicyclic amines) is 1. The van der Waals surface area contributed by atoms with E-state index < -0.39 is 17.6 Å². The van der Waals surface area contributed by atoms with E-state index in [-0.39, 0.29) is 35.6 Å². The summed E-state index contributed by atoms with van der Waals surface area (Å²) in [6, 6.07) is 5.15. The van der Waals surface area contributed by atoms with Crippen LogP contribution in [0.5, 0.6) is 0 Å². The zero-order valence-electron chi connectivity index (χ0n) is 20.7. The zero-order chi connectivity index (χ0) is 25.1. The first kappa shape index (κ1) is 23.6. The molecule has 2 N–H and O–H groups in total. The molecule has 35 heavy (non-hydrogen) atoms. The third-order valence-electron chi connectivity index (χ3n) is 7.65. The number of para-hydroxylation sites is 1. The Morgan fingerprint density at radius 2 is 1.86 bits per heavy atom. The number of fused-ring (bicyclic) bond motifs is 1. The summed E-state index contributed by atoms with van der Waals surface area (Å²) in [6.07, 6.45) is 1.91. The highest BCUT2D eigenvalue weighted by atomic mass is 16.6. The second-order valence-corrected chi connectivity index (χ2v) is 11.0. The molecule has 0 bridgehead atoms. The smallest absolute Gasteiger partial charge is 0.410 e. The largest absolute Gasteiger partial charge is 0.444 e. The van der Waals surface area contributed by atoms with E-state index in [0.29, 0.717) is 25.0 Å². The van der Waals surface area contributed by atoms with Gasteiger partial charge in [-0.05, 0) is 51.7 Å². The van der Waals surface area contributed by atoms with Crippen molar-refractivity contribution in [3.05, 3.63) is 34.2 Å². The molecule has 2 atom stereocenters. The quantitative estimate of drug-likeness (QED) is 0.632. The molecule has 1 aromatic heterocycles. The van der Waals surface area contributed by atoms with Crippen molar-refractivity contribution in [1.29, 1.82) is 0 Å². The molecule has 3 amide bonds. The van der Waals surface area contributed by atoms with E-state index in [1.807, 2.05) is 39.0 Å². The minimum absolute atomic E-state index is 0.0143. The lowest BCUT2D eigenvalue weighted by Gasteiger charge is -2.54. The van der Waals surface area contributed by atoms with Crippen LogP contribution >= 0.6 is 0 Å². The molecule has 4 heterocycles. The number of carbonyl (C=O) groups excluding carboxylic acids is 3. The molecule has 10 heteroatoms. The van der Waals surface area contributed by atoms with E-state index in [2.05, 4.69) is 10.6 Å². The Balaban J connectivity index is 1.44. The number of nitrogens with zero attached hydrogens (tertiary/aromatic N) is 3. The number of nitrogens with one attached hydrogen (secondary N) is 2. The van der Waals surface area contributed by atoms with Gasteiger partial charge < -0.3 is 15.0 Å². The maximum Gasteiger partial charge on any atom is 0.410 e. The molecular formula is C25H33N5O5. The van der Waals surface area contributed by atoms with Crippen molar-refractivity contribution in [2.45, 2.75) is 64.1 Å². The SMILES string of the molecule is Cn1c(=O)n(C2CCC(=O)NC2=O)c2cccc(C3NCC34CCN(C(=O)OC(C)(C)C)CC4)c21. The Kier molecular flexibility index (Phi) is 5.54. The van der Waals surface area contributed by atoms with Gasteiger partial charge in [-0.2, -0.15) is 0 Å². The molecule has 3 aliphatic heterocycles. The van der Waals surface area contributed by atoms with Crippen molar-refractivity contribution in [1.82, 2.24) is 24.7 Å². The Morgan fingerprint density at radius 3 is 2.46 bits per heavy atom. The Morgan fingerprint density at radius 1 is 1.14 bits per heavy atom. The topological polar surface area (TPSA) is 115 Å². The average molecular weight is 484 g/mol. The molecule has 1 aromatic carbocycles. The number of hydrogen-bond donors (Lipinski definition) is 2. The first-order valence-electron chi connectivity index (χ1n) is 12.3. The molecule has 0 radical (unpaired) electrons. The fourth-order valence-electron chi connectivity index (χ4n) is 5.79. The van der Waals surface area contributed by atoms with Gasteiger partial charge in [0.1, 0.15) is 11.6 Å². The van der Waals surface area contributed by atoms with E-state index in [0.717, 1.165) is 30.5 Å². The standard InChI is InChI=1S/C25H33N5O5/c1-24(2,3)35-23(34)29-12-10-25(11-13-29)14-26-20(25)15-6-5-7-16-19(15)28(4)22(33)30(16)17-8-9-18(31)27-21(17)32/h5-7,17,20,26H,8-14H2,1-4H3,(H,27,31,32). The molecule has 2 unspecified atom stereocenters. The first-order chi connectivity index (χ1) is 16.5. The van der Waals surface area contributed by atoms with Crippen molar-refractivity contribution in [2.24, 2.45) is 12.5 Å². The summed E-state index contributed by atoms with van der Waals surface area (Å²) in [5.41, 5.74) is 1.70. The molecule has 0 saturated carbocycles. The Hall–Kier alpha value is -3.14. The van der Waals surface area contributed by atoms with Gasteiger partial charge in [-0.1, -0.05) is 12.1 Å². The van der Waals surface area contributed by atoms with Gasteiger partial charge in [-0.15, -0.1) is 0 Å². The van der Waals surface area contributed by atoms with E-state index in [1.165, 1.54) is 4.57 Å². The van der Waals surface area contributed by atoms with Crippen molar-refractivity contribution >= 4 is 28.9 Å². The number of amides is 3. The number of benzene rings is 1. The number of piperidine rings is 2. The monoisotopic (exact) mass is 483 g/mol. The average Bonchev–Trinajstić information content (AvgIpc) is 3.03. The van der Waals surface area contributed by atoms with Crippen LogP contribution in [0.1, 0.15) is 64.1 Å². The predicted molar refractivity (Wildman–Crippen MR) is 129 cm³/mol. The molecule has 3 saturated heterocycles. The molecule has 3 aliphatic rings. The number of imide groups is 1. The summed E-state index contributed by atoms with van der Waals surface area (Å²) in [5.74, 6) is -0.743. The van der Waals surface area contributed by atoms with Crippen LogP contribution in [-0.4, -0.2) is 57.2 Å². The van der Waals surface area contributed by atoms with Crippen LogP contribution in [0, 0.1) is 5.41 Å². The maximum atomic E-state index is 13.3. The predicted octanol–water partition coefficient (Wildman–Crippen LogP) is 1.98. The highest BCUT2D eigenvalue weighted by Gasteiger charge is 2.50. The van der Waals surface area contributed by atoms with E-state index >= 15 is 0 Å². The fraction of sp³-hybridized carbons (Fsp3) is 0.600. The van der Waals surface area contributed by atoms with E-state index in [9.17, 15) is 19.2 Å². The molecule has 0 aliphatic carbocycles. The minimum atomic E-state index is -0.709. The number of aryl methyl sites for hydroxylation is 1. The maximum absolute atomic E-state index is 13.3. The Bertz CT molecular complexity index is 1260. The summed E-state index contributed by atoms with van der Waals surface area (Å²) < 4.78 is 8.68. The van der Waals surface area contributed by atoms with Gasteiger partial charge in [-0.3, -0.25) is 24.0 Å². The summed E-state index contributed by atoms with van der Waals surface area (Å²) in [7, 11) is 1.73. The summed E-state index contributed by atoms with van der Waals surface area (Å²) in [6.45, 7) is 7.70. The van der Waals surface area contributed by atoms with Gasteiger partial charge in [0.2, 0.25) is 11.8 Å². The summed E-state index contributed by atoms with van der Waals surface area (Å²) in [4.78, 5) is 51.8. The lowest BCUT2D eigenvalue weighted by atomic mass is 9.64. The second-order valence-electron chi connectivity index (χ2n) is 11.0. The number of ether oxygens (including phenoxy) is 1. The third-order valence-corrected chi connectivity index (χ3v) is 7.65. The summed E-state index contributed by atoms with van der Waals surface area (Å²) in [5, 5.41) is 5.92. The van der Waals surface area contributed by atoms with Gasteiger partial charge in [0.05, 0.1) is 11.0 Å². The van der Waals surface area contributed by atoms with Crippen LogP contribution in [0.3, 0.4) is 0 Å². The van der Waals surface area contributed by atoms with Crippen molar-refractivity contribution in [3.8, 4) is 0 Å². The number of aromatic nitrogens is 2. The van der Waals surface area contributed by atoms with Crippen LogP contribution in [0.25, 0.3) is 11.0 Å². The number of rotatable bonds is 2. The first-order valence-corrected chi connectivity index (χ1v) is 12.3. The highest BCUT2D eigenvalue weighted by molar-refractivity contribution is 6.00. The van der Waals surface area contributed by atoms with Gasteiger partial charge in [0.25, 0.3) is 0 Å². The minimum Gasteiger partial charge on any atom is -0.444 e. The lowest BCUT2D eigenvalue weighted by Crippen LogP contribution is -2.61. The normalized spacial score (nSPS) is 24.4.